The van der Waals surface area contributed by atoms with E-state index in [2.05, 4.69) is 69.6 Å². The first-order valence-corrected chi connectivity index (χ1v) is 11.9. The summed E-state index contributed by atoms with van der Waals surface area (Å²) < 4.78 is 0. The Morgan fingerprint density at radius 1 is 0.633 bits per heavy atom. The van der Waals surface area contributed by atoms with Gasteiger partial charge in [-0.1, -0.05) is 94.9 Å². The Morgan fingerprint density at radius 3 is 1.10 bits per heavy atom. The molecule has 3 nitrogen and oxygen atoms in total. The van der Waals surface area contributed by atoms with Gasteiger partial charge in [-0.15, -0.1) is 0 Å². The molecule has 0 atom stereocenters. The summed E-state index contributed by atoms with van der Waals surface area (Å²) in [6, 6.07) is 4.79. The fourth-order valence-corrected chi connectivity index (χ4v) is 2.57. The molecular weight excluding hydrogens is 402 g/mol. The average molecular weight is 456 g/mol. The smallest absolute Gasteiger partial charge is 0.663 e. The van der Waals surface area contributed by atoms with Gasteiger partial charge in [-0.2, -0.15) is 62.0 Å². The largest absolute Gasteiger partial charge is 4.00 e. The molecule has 30 heavy (non-hydrogen) atoms. The molecule has 0 aliphatic carbocycles. The van der Waals surface area contributed by atoms with E-state index in [4.69, 9.17) is 0 Å². The van der Waals surface area contributed by atoms with E-state index in [0.717, 1.165) is 39.3 Å². The second kappa shape index (κ2) is 27.0. The zero-order chi connectivity index (χ0) is 23.2. The summed E-state index contributed by atoms with van der Waals surface area (Å²) in [5.41, 5.74) is 4.59. The first-order valence-electron chi connectivity index (χ1n) is 11.9. The summed E-state index contributed by atoms with van der Waals surface area (Å²) in [7, 11) is 0. The van der Waals surface area contributed by atoms with E-state index in [9.17, 15) is 0 Å². The van der Waals surface area contributed by atoms with Gasteiger partial charge in [0.25, 0.3) is 0 Å². The van der Waals surface area contributed by atoms with Crippen molar-refractivity contribution in [2.75, 3.05) is 39.3 Å². The van der Waals surface area contributed by atoms with Crippen LogP contribution in [-0.4, -0.2) is 39.3 Å². The standard InChI is InChI=1S/C14H23.3C4H10N.Ti/c1-9(2)12-7-13(10(3)4)14(8-12)11(5)6;3*1-3-5-4-2;/h7-11H,1-6H3;3*3-4H2,1-2H3;/q4*-1;+4. The summed E-state index contributed by atoms with van der Waals surface area (Å²) >= 11 is 0. The second-order valence-electron chi connectivity index (χ2n) is 7.73. The normalized spacial score (nSPS) is 9.83. The predicted molar refractivity (Wildman–Crippen MR) is 138 cm³/mol. The van der Waals surface area contributed by atoms with Gasteiger partial charge >= 0.3 is 21.7 Å². The molecular formula is C26H53N3Ti. The molecule has 0 radical (unpaired) electrons. The van der Waals surface area contributed by atoms with Gasteiger partial charge in [0.05, 0.1) is 0 Å². The number of hydrogen-bond donors (Lipinski definition) is 0. The Morgan fingerprint density at radius 2 is 0.967 bits per heavy atom. The summed E-state index contributed by atoms with van der Waals surface area (Å²) in [5, 5.41) is 11.9. The molecule has 0 aromatic heterocycles. The first kappa shape index (κ1) is 37.3. The van der Waals surface area contributed by atoms with Crippen molar-refractivity contribution in [2.45, 2.75) is 101 Å². The zero-order valence-electron chi connectivity index (χ0n) is 22.5. The van der Waals surface area contributed by atoms with Crippen LogP contribution in [0.2, 0.25) is 0 Å². The van der Waals surface area contributed by atoms with Crippen LogP contribution in [0.3, 0.4) is 0 Å². The topological polar surface area (TPSA) is 42.3 Å². The maximum absolute atomic E-state index is 3.97. The van der Waals surface area contributed by atoms with Gasteiger partial charge in [-0.05, 0) is 5.92 Å². The molecule has 1 rings (SSSR count). The van der Waals surface area contributed by atoms with Crippen LogP contribution < -0.4 is 0 Å². The fraction of sp³-hybridized carbons (Fsp3) is 0.808. The van der Waals surface area contributed by atoms with E-state index in [1.807, 2.05) is 41.5 Å². The molecule has 0 heterocycles. The third-order valence-corrected chi connectivity index (χ3v) is 4.23. The van der Waals surface area contributed by atoms with Crippen molar-refractivity contribution in [2.24, 2.45) is 0 Å². The van der Waals surface area contributed by atoms with E-state index in [-0.39, 0.29) is 21.7 Å². The fourth-order valence-electron chi connectivity index (χ4n) is 2.57. The van der Waals surface area contributed by atoms with Gasteiger partial charge in [0, 0.05) is 0 Å². The second-order valence-corrected chi connectivity index (χ2v) is 7.73. The third-order valence-electron chi connectivity index (χ3n) is 4.23. The molecule has 176 valence electrons. The van der Waals surface area contributed by atoms with E-state index in [1.54, 1.807) is 11.1 Å². The minimum atomic E-state index is 0. The van der Waals surface area contributed by atoms with Crippen LogP contribution in [0.25, 0.3) is 16.0 Å². The van der Waals surface area contributed by atoms with E-state index < -0.39 is 0 Å². The predicted octanol–water partition coefficient (Wildman–Crippen LogP) is 8.97. The Hall–Kier alpha value is -0.0557. The Balaban J connectivity index is -0.000000176. The van der Waals surface area contributed by atoms with Crippen molar-refractivity contribution in [1.29, 1.82) is 0 Å². The Labute approximate surface area is 206 Å². The molecule has 0 spiro atoms. The van der Waals surface area contributed by atoms with Crippen LogP contribution in [0.5, 0.6) is 0 Å². The molecule has 0 N–H and O–H groups in total. The van der Waals surface area contributed by atoms with Crippen molar-refractivity contribution < 1.29 is 21.7 Å². The van der Waals surface area contributed by atoms with Gasteiger partial charge in [0.1, 0.15) is 0 Å². The van der Waals surface area contributed by atoms with Crippen LogP contribution in [0.4, 0.5) is 0 Å². The molecule has 0 amide bonds. The van der Waals surface area contributed by atoms with Crippen molar-refractivity contribution in [3.05, 3.63) is 44.8 Å². The molecule has 1 aromatic carbocycles. The third kappa shape index (κ3) is 22.6. The van der Waals surface area contributed by atoms with E-state index in [1.165, 1.54) is 5.56 Å². The minimum absolute atomic E-state index is 0. The Bertz CT molecular complexity index is 380. The van der Waals surface area contributed by atoms with Crippen LogP contribution in [0.15, 0.2) is 12.1 Å². The quantitative estimate of drug-likeness (QED) is 0.263. The number of rotatable bonds is 9. The van der Waals surface area contributed by atoms with Crippen LogP contribution in [0, 0.1) is 0 Å². The van der Waals surface area contributed by atoms with Gasteiger partial charge in [0.15, 0.2) is 0 Å². The minimum Gasteiger partial charge on any atom is -0.663 e. The molecule has 0 saturated heterocycles. The van der Waals surface area contributed by atoms with Crippen molar-refractivity contribution in [1.82, 2.24) is 0 Å². The van der Waals surface area contributed by atoms with Gasteiger partial charge in [-0.3, -0.25) is 0 Å². The van der Waals surface area contributed by atoms with Crippen molar-refractivity contribution >= 4 is 0 Å². The van der Waals surface area contributed by atoms with Crippen molar-refractivity contribution in [3.63, 3.8) is 0 Å². The average Bonchev–Trinajstić information content (AvgIpc) is 3.12. The summed E-state index contributed by atoms with van der Waals surface area (Å²) in [5.74, 6) is 1.96. The van der Waals surface area contributed by atoms with E-state index in [0.29, 0.717) is 17.8 Å². The number of nitrogens with zero attached hydrogens (tertiary/aromatic N) is 3. The van der Waals surface area contributed by atoms with E-state index >= 15 is 0 Å². The molecule has 1 aromatic rings. The maximum atomic E-state index is 3.97. The van der Waals surface area contributed by atoms with Gasteiger partial charge < -0.3 is 16.0 Å². The summed E-state index contributed by atoms with van der Waals surface area (Å²) in [6.07, 6.45) is 0. The van der Waals surface area contributed by atoms with Gasteiger partial charge in [-0.25, -0.2) is 6.07 Å². The van der Waals surface area contributed by atoms with Crippen molar-refractivity contribution in [3.8, 4) is 0 Å². The molecule has 0 aliphatic heterocycles. The molecule has 0 aliphatic rings. The Kier molecular flexibility index (Phi) is 33.5. The molecule has 4 heteroatoms. The van der Waals surface area contributed by atoms with Crippen LogP contribution in [0.1, 0.15) is 118 Å². The zero-order valence-corrected chi connectivity index (χ0v) is 24.0. The SMILES string of the molecule is CC(C)c1cc(C(C)C)[c-](C(C)C)c1.CC[N-]CC.CC[N-]CC.CC[N-]CC.[Ti+4]. The molecule has 0 saturated carbocycles. The monoisotopic (exact) mass is 455 g/mol. The number of hydrogen-bond acceptors (Lipinski definition) is 0. The molecule has 0 bridgehead atoms. The van der Waals surface area contributed by atoms with Gasteiger partial charge in [0.2, 0.25) is 0 Å². The first-order chi connectivity index (χ1) is 13.7. The summed E-state index contributed by atoms with van der Waals surface area (Å²) in [4.78, 5) is 0. The van der Waals surface area contributed by atoms with Crippen LogP contribution in [-0.2, 0) is 21.7 Å². The maximum Gasteiger partial charge on any atom is 4.00 e. The molecule has 0 fully saturated rings. The molecule has 0 unspecified atom stereocenters. The summed E-state index contributed by atoms with van der Waals surface area (Å²) in [6.45, 7) is 31.8. The van der Waals surface area contributed by atoms with Crippen LogP contribution >= 0.6 is 0 Å².